The molecular weight excluding hydrogens is 776 g/mol. The van der Waals surface area contributed by atoms with Crippen LogP contribution in [0.2, 0.25) is 0 Å². The number of rotatable bonds is 5. The molecule has 0 radical (unpaired) electrons. The Kier molecular flexibility index (Phi) is 7.98. The van der Waals surface area contributed by atoms with E-state index in [2.05, 4.69) is 218 Å². The Bertz CT molecular complexity index is 3480. The standard InChI is InChI=1S/C58H36Se/c1-3-16-37(17-4-1)39-20-15-21-40(34-39)56-48-26-11-13-28-50(48)57(51-29-14-12-27-49(51)56)41-31-33-53-52(35-41)43-32-30-42(36-54(43)59-53)58-46-24-9-7-22-44(46)55(38-18-5-2-6-19-38)45-23-8-10-25-47(45)58/h1-36H. The third-order valence-corrected chi connectivity index (χ3v) is 14.6. The normalized spacial score (nSPS) is 11.7. The van der Waals surface area contributed by atoms with Gasteiger partial charge in [0.1, 0.15) is 0 Å². The molecule has 0 amide bonds. The first-order chi connectivity index (χ1) is 29.3. The molecule has 0 fully saturated rings. The van der Waals surface area contributed by atoms with Gasteiger partial charge in [-0.2, -0.15) is 0 Å². The van der Waals surface area contributed by atoms with Crippen molar-refractivity contribution >= 4 is 76.9 Å². The molecular formula is C58H36Se. The number of hydrogen-bond donors (Lipinski definition) is 0. The first-order valence-electron chi connectivity index (χ1n) is 20.3. The third-order valence-electron chi connectivity index (χ3n) is 12.2. The van der Waals surface area contributed by atoms with Crippen LogP contribution < -0.4 is 0 Å². The number of benzene rings is 11. The molecule has 1 heterocycles. The van der Waals surface area contributed by atoms with E-state index >= 15 is 0 Å². The second-order valence-electron chi connectivity index (χ2n) is 15.5. The van der Waals surface area contributed by atoms with Gasteiger partial charge in [0.2, 0.25) is 0 Å². The van der Waals surface area contributed by atoms with Crippen LogP contribution >= 0.6 is 0 Å². The minimum atomic E-state index is 0.201. The molecule has 0 aliphatic carbocycles. The van der Waals surface area contributed by atoms with Gasteiger partial charge in [-0.15, -0.1) is 0 Å². The average Bonchev–Trinajstić information content (AvgIpc) is 3.67. The second kappa shape index (κ2) is 13.8. The van der Waals surface area contributed by atoms with E-state index in [1.165, 1.54) is 118 Å². The van der Waals surface area contributed by atoms with Crippen LogP contribution in [-0.4, -0.2) is 14.5 Å². The van der Waals surface area contributed by atoms with Crippen LogP contribution in [0.1, 0.15) is 0 Å². The fourth-order valence-corrected chi connectivity index (χ4v) is 12.0. The molecule has 59 heavy (non-hydrogen) atoms. The van der Waals surface area contributed by atoms with Crippen molar-refractivity contribution < 1.29 is 0 Å². The maximum atomic E-state index is 2.49. The molecule has 0 spiro atoms. The summed E-state index contributed by atoms with van der Waals surface area (Å²) in [4.78, 5) is 0. The van der Waals surface area contributed by atoms with Crippen molar-refractivity contribution in [3.63, 3.8) is 0 Å². The predicted octanol–water partition coefficient (Wildman–Crippen LogP) is 16.0. The SMILES string of the molecule is c1ccc(-c2cccc(-c3c4ccccc4c(-c4ccc5[se]c6cc(-c7c8ccccc8c(-c8ccccc8)c8ccccc78)ccc6c5c4)c4ccccc34)c2)cc1. The Morgan fingerprint density at radius 2 is 0.559 bits per heavy atom. The third kappa shape index (κ3) is 5.51. The van der Waals surface area contributed by atoms with Gasteiger partial charge < -0.3 is 0 Å². The van der Waals surface area contributed by atoms with E-state index in [1.54, 1.807) is 0 Å². The molecule has 0 N–H and O–H groups in total. The van der Waals surface area contributed by atoms with Crippen molar-refractivity contribution in [2.24, 2.45) is 0 Å². The number of hydrogen-bond acceptors (Lipinski definition) is 0. The van der Waals surface area contributed by atoms with Crippen molar-refractivity contribution in [1.82, 2.24) is 0 Å². The summed E-state index contributed by atoms with van der Waals surface area (Å²) in [5.74, 6) is 0. The number of fused-ring (bicyclic) bond motifs is 7. The minimum absolute atomic E-state index is 0.201. The average molecular weight is 812 g/mol. The molecule has 1 aromatic heterocycles. The van der Waals surface area contributed by atoms with E-state index in [1.807, 2.05) is 0 Å². The summed E-state index contributed by atoms with van der Waals surface area (Å²) >= 11 is 0.201. The molecule has 0 aliphatic heterocycles. The Hall–Kier alpha value is -7.02. The summed E-state index contributed by atoms with van der Waals surface area (Å²) < 4.78 is 2.90. The van der Waals surface area contributed by atoms with E-state index in [0.29, 0.717) is 0 Å². The molecule has 274 valence electrons. The zero-order chi connectivity index (χ0) is 38.9. The van der Waals surface area contributed by atoms with Crippen LogP contribution in [0.4, 0.5) is 0 Å². The molecule has 11 aromatic carbocycles. The molecule has 0 unspecified atom stereocenters. The van der Waals surface area contributed by atoms with Crippen molar-refractivity contribution in [3.05, 3.63) is 218 Å². The summed E-state index contributed by atoms with van der Waals surface area (Å²) in [6.07, 6.45) is 0. The van der Waals surface area contributed by atoms with Gasteiger partial charge in [0.25, 0.3) is 0 Å². The van der Waals surface area contributed by atoms with Gasteiger partial charge in [0, 0.05) is 0 Å². The van der Waals surface area contributed by atoms with Crippen molar-refractivity contribution in [2.45, 2.75) is 0 Å². The van der Waals surface area contributed by atoms with Gasteiger partial charge in [-0.1, -0.05) is 30.3 Å². The molecule has 0 saturated heterocycles. The van der Waals surface area contributed by atoms with Gasteiger partial charge in [0.05, 0.1) is 0 Å². The van der Waals surface area contributed by atoms with Crippen LogP contribution in [0.25, 0.3) is 118 Å². The van der Waals surface area contributed by atoms with E-state index in [9.17, 15) is 0 Å². The molecule has 12 aromatic rings. The fraction of sp³-hybridized carbons (Fsp3) is 0. The summed E-state index contributed by atoms with van der Waals surface area (Å²) in [5, 5.41) is 13.0. The zero-order valence-corrected chi connectivity index (χ0v) is 33.9. The second-order valence-corrected chi connectivity index (χ2v) is 17.8. The van der Waals surface area contributed by atoms with Crippen LogP contribution in [0.5, 0.6) is 0 Å². The first-order valence-corrected chi connectivity index (χ1v) is 22.0. The Balaban J connectivity index is 1.04. The molecule has 0 aliphatic rings. The fourth-order valence-electron chi connectivity index (χ4n) is 9.68. The van der Waals surface area contributed by atoms with E-state index < -0.39 is 0 Å². The smallest absolute Gasteiger partial charge is 0.0544 e. The van der Waals surface area contributed by atoms with Gasteiger partial charge >= 0.3 is 321 Å². The first kappa shape index (κ1) is 34.1. The van der Waals surface area contributed by atoms with Crippen molar-refractivity contribution in [3.8, 4) is 55.6 Å². The molecule has 0 nitrogen and oxygen atoms in total. The summed E-state index contributed by atoms with van der Waals surface area (Å²) in [5.41, 5.74) is 12.7. The van der Waals surface area contributed by atoms with Gasteiger partial charge in [0.15, 0.2) is 0 Å². The Morgan fingerprint density at radius 1 is 0.186 bits per heavy atom. The minimum Gasteiger partial charge on any atom is -0.0617 e. The van der Waals surface area contributed by atoms with Crippen molar-refractivity contribution in [2.75, 3.05) is 0 Å². The van der Waals surface area contributed by atoms with E-state index in [-0.39, 0.29) is 14.5 Å². The molecule has 0 saturated carbocycles. The quantitative estimate of drug-likeness (QED) is 0.120. The molecule has 0 atom stereocenters. The van der Waals surface area contributed by atoms with Crippen LogP contribution in [0, 0.1) is 0 Å². The topological polar surface area (TPSA) is 0 Å². The van der Waals surface area contributed by atoms with E-state index in [0.717, 1.165) is 0 Å². The monoisotopic (exact) mass is 812 g/mol. The van der Waals surface area contributed by atoms with Crippen LogP contribution in [0.3, 0.4) is 0 Å². The van der Waals surface area contributed by atoms with Gasteiger partial charge in [-0.25, -0.2) is 0 Å². The van der Waals surface area contributed by atoms with Gasteiger partial charge in [-0.3, -0.25) is 0 Å². The van der Waals surface area contributed by atoms with Crippen LogP contribution in [0.15, 0.2) is 218 Å². The summed E-state index contributed by atoms with van der Waals surface area (Å²) in [6.45, 7) is 0. The molecule has 1 heteroatoms. The van der Waals surface area contributed by atoms with Crippen molar-refractivity contribution in [1.29, 1.82) is 0 Å². The largest absolute Gasteiger partial charge is 0.0617 e. The van der Waals surface area contributed by atoms with E-state index in [4.69, 9.17) is 0 Å². The predicted molar refractivity (Wildman–Crippen MR) is 256 cm³/mol. The maximum Gasteiger partial charge on any atom is -0.0544 e. The molecule has 0 bridgehead atoms. The summed E-state index contributed by atoms with van der Waals surface area (Å²) in [6, 6.07) is 81.1. The maximum absolute atomic E-state index is 2.49. The summed E-state index contributed by atoms with van der Waals surface area (Å²) in [7, 11) is 0. The Labute approximate surface area is 349 Å². The van der Waals surface area contributed by atoms with Crippen LogP contribution in [-0.2, 0) is 0 Å². The van der Waals surface area contributed by atoms with Gasteiger partial charge in [-0.05, 0) is 0 Å². The molecule has 12 rings (SSSR count). The zero-order valence-electron chi connectivity index (χ0n) is 32.2. The Morgan fingerprint density at radius 3 is 1.07 bits per heavy atom.